The molecule has 1 N–H and O–H groups in total. The minimum atomic E-state index is -0.0311. The van der Waals surface area contributed by atoms with Gasteiger partial charge in [0.1, 0.15) is 11.5 Å². The number of halogens is 1. The van der Waals surface area contributed by atoms with Crippen molar-refractivity contribution < 1.29 is 19.0 Å². The van der Waals surface area contributed by atoms with Crippen LogP contribution in [-0.4, -0.2) is 71.6 Å². The molecule has 140 valence electrons. The van der Waals surface area contributed by atoms with Crippen LogP contribution in [0.5, 0.6) is 11.5 Å². The summed E-state index contributed by atoms with van der Waals surface area (Å²) >= 11 is 6.16. The van der Waals surface area contributed by atoms with Crippen molar-refractivity contribution in [2.75, 3.05) is 65.6 Å². The summed E-state index contributed by atoms with van der Waals surface area (Å²) in [6.07, 6.45) is 0.809. The molecule has 8 heteroatoms. The second-order valence-corrected chi connectivity index (χ2v) is 6.12. The van der Waals surface area contributed by atoms with Gasteiger partial charge in [0, 0.05) is 58.6 Å². The predicted octanol–water partition coefficient (Wildman–Crippen LogP) is 2.23. The number of hydrogen-bond acceptors (Lipinski definition) is 5. The summed E-state index contributed by atoms with van der Waals surface area (Å²) in [6.45, 7) is 3.98. The van der Waals surface area contributed by atoms with Crippen molar-refractivity contribution in [1.82, 2.24) is 10.2 Å². The average Bonchev–Trinajstić information content (AvgIpc) is 2.65. The standard InChI is InChI=1S/C17H26ClN3O4/c1-23-10-4-5-19-17(22)21-8-6-20(7-9-21)14-12-15(24-2)13(18)11-16(14)25-3/h11-12H,4-10H2,1-3H3,(H,19,22). The second kappa shape index (κ2) is 9.58. The van der Waals surface area contributed by atoms with Gasteiger partial charge >= 0.3 is 6.03 Å². The summed E-state index contributed by atoms with van der Waals surface area (Å²) < 4.78 is 15.7. The summed E-state index contributed by atoms with van der Waals surface area (Å²) in [5, 5.41) is 3.43. The predicted molar refractivity (Wildman–Crippen MR) is 98.2 cm³/mol. The number of nitrogens with zero attached hydrogens (tertiary/aromatic N) is 2. The first-order valence-electron chi connectivity index (χ1n) is 8.29. The Morgan fingerprint density at radius 2 is 1.80 bits per heavy atom. The third kappa shape index (κ3) is 5.06. The Labute approximate surface area is 153 Å². The molecule has 0 radical (unpaired) electrons. The number of methoxy groups -OCH3 is 3. The summed E-state index contributed by atoms with van der Waals surface area (Å²) in [5.41, 5.74) is 0.920. The van der Waals surface area contributed by atoms with Crippen LogP contribution in [0.1, 0.15) is 6.42 Å². The lowest BCUT2D eigenvalue weighted by Gasteiger charge is -2.36. The number of urea groups is 1. The van der Waals surface area contributed by atoms with E-state index in [4.69, 9.17) is 25.8 Å². The Morgan fingerprint density at radius 3 is 2.40 bits per heavy atom. The van der Waals surface area contributed by atoms with Crippen molar-refractivity contribution in [2.24, 2.45) is 0 Å². The number of carbonyl (C=O) groups excluding carboxylic acids is 1. The number of carbonyl (C=O) groups is 1. The minimum Gasteiger partial charge on any atom is -0.495 e. The first-order valence-corrected chi connectivity index (χ1v) is 8.66. The summed E-state index contributed by atoms with van der Waals surface area (Å²) in [4.78, 5) is 16.2. The highest BCUT2D eigenvalue weighted by molar-refractivity contribution is 6.32. The number of anilines is 1. The topological polar surface area (TPSA) is 63.3 Å². The van der Waals surface area contributed by atoms with E-state index >= 15 is 0 Å². The average molecular weight is 372 g/mol. The first-order chi connectivity index (χ1) is 12.1. The van der Waals surface area contributed by atoms with E-state index in [0.29, 0.717) is 55.9 Å². The Balaban J connectivity index is 1.94. The summed E-state index contributed by atoms with van der Waals surface area (Å²) in [7, 11) is 4.86. The van der Waals surface area contributed by atoms with Gasteiger partial charge in [-0.2, -0.15) is 0 Å². The number of amides is 2. The molecule has 1 saturated heterocycles. The van der Waals surface area contributed by atoms with Gasteiger partial charge in [-0.05, 0) is 6.42 Å². The number of piperazine rings is 1. The van der Waals surface area contributed by atoms with Crippen LogP contribution in [-0.2, 0) is 4.74 Å². The zero-order valence-corrected chi connectivity index (χ0v) is 15.8. The number of hydrogen-bond donors (Lipinski definition) is 1. The third-order valence-electron chi connectivity index (χ3n) is 4.16. The highest BCUT2D eigenvalue weighted by atomic mass is 35.5. The molecule has 25 heavy (non-hydrogen) atoms. The fourth-order valence-electron chi connectivity index (χ4n) is 2.77. The van der Waals surface area contributed by atoms with Crippen molar-refractivity contribution >= 4 is 23.3 Å². The van der Waals surface area contributed by atoms with E-state index in [0.717, 1.165) is 12.1 Å². The number of benzene rings is 1. The van der Waals surface area contributed by atoms with Crippen molar-refractivity contribution in [3.8, 4) is 11.5 Å². The fraction of sp³-hybridized carbons (Fsp3) is 0.588. The highest BCUT2D eigenvalue weighted by Gasteiger charge is 2.24. The monoisotopic (exact) mass is 371 g/mol. The van der Waals surface area contributed by atoms with Gasteiger partial charge in [0.25, 0.3) is 0 Å². The van der Waals surface area contributed by atoms with Gasteiger partial charge in [-0.3, -0.25) is 0 Å². The van der Waals surface area contributed by atoms with Crippen LogP contribution in [0.4, 0.5) is 10.5 Å². The molecule has 1 fully saturated rings. The van der Waals surface area contributed by atoms with Gasteiger partial charge in [-0.15, -0.1) is 0 Å². The Hall–Kier alpha value is -1.86. The molecule has 0 unspecified atom stereocenters. The van der Waals surface area contributed by atoms with Crippen LogP contribution < -0.4 is 19.7 Å². The normalized spacial score (nSPS) is 14.4. The minimum absolute atomic E-state index is 0.0311. The van der Waals surface area contributed by atoms with Crippen LogP contribution in [0.15, 0.2) is 12.1 Å². The van der Waals surface area contributed by atoms with Crippen molar-refractivity contribution in [2.45, 2.75) is 6.42 Å². The van der Waals surface area contributed by atoms with E-state index in [-0.39, 0.29) is 6.03 Å². The van der Waals surface area contributed by atoms with Crippen LogP contribution >= 0.6 is 11.6 Å². The van der Waals surface area contributed by atoms with E-state index in [1.165, 1.54) is 0 Å². The lowest BCUT2D eigenvalue weighted by atomic mass is 10.2. The van der Waals surface area contributed by atoms with Gasteiger partial charge in [-0.25, -0.2) is 4.79 Å². The van der Waals surface area contributed by atoms with Gasteiger partial charge in [-0.1, -0.05) is 11.6 Å². The lowest BCUT2D eigenvalue weighted by Crippen LogP contribution is -2.52. The zero-order valence-electron chi connectivity index (χ0n) is 15.0. The maximum absolute atomic E-state index is 12.2. The molecule has 2 rings (SSSR count). The lowest BCUT2D eigenvalue weighted by molar-refractivity contribution is 0.183. The number of nitrogens with one attached hydrogen (secondary N) is 1. The molecule has 7 nitrogen and oxygen atoms in total. The van der Waals surface area contributed by atoms with Crippen LogP contribution in [0.2, 0.25) is 5.02 Å². The maximum Gasteiger partial charge on any atom is 0.317 e. The largest absolute Gasteiger partial charge is 0.495 e. The van der Waals surface area contributed by atoms with Gasteiger partial charge in [0.15, 0.2) is 0 Å². The Bertz CT molecular complexity index is 577. The first kappa shape index (κ1) is 19.5. The molecular weight excluding hydrogens is 346 g/mol. The zero-order chi connectivity index (χ0) is 18.2. The molecule has 1 aliphatic heterocycles. The Morgan fingerprint density at radius 1 is 1.12 bits per heavy atom. The van der Waals surface area contributed by atoms with Crippen LogP contribution in [0, 0.1) is 0 Å². The van der Waals surface area contributed by atoms with Crippen molar-refractivity contribution in [3.05, 3.63) is 17.2 Å². The van der Waals surface area contributed by atoms with Gasteiger partial charge < -0.3 is 29.3 Å². The van der Waals surface area contributed by atoms with E-state index < -0.39 is 0 Å². The summed E-state index contributed by atoms with van der Waals surface area (Å²) in [6, 6.07) is 3.60. The van der Waals surface area contributed by atoms with Gasteiger partial charge in [0.2, 0.25) is 0 Å². The van der Waals surface area contributed by atoms with E-state index in [1.807, 2.05) is 11.0 Å². The molecule has 0 spiro atoms. The molecule has 0 atom stereocenters. The molecule has 1 aromatic carbocycles. The van der Waals surface area contributed by atoms with Gasteiger partial charge in [0.05, 0.1) is 24.9 Å². The van der Waals surface area contributed by atoms with E-state index in [1.54, 1.807) is 27.4 Å². The van der Waals surface area contributed by atoms with Crippen LogP contribution in [0.25, 0.3) is 0 Å². The molecule has 1 aromatic rings. The second-order valence-electron chi connectivity index (χ2n) is 5.71. The Kier molecular flexibility index (Phi) is 7.46. The third-order valence-corrected chi connectivity index (χ3v) is 4.46. The fourth-order valence-corrected chi connectivity index (χ4v) is 3.00. The number of rotatable bonds is 7. The molecule has 0 saturated carbocycles. The molecule has 0 aromatic heterocycles. The maximum atomic E-state index is 12.2. The molecule has 0 bridgehead atoms. The molecule has 1 aliphatic rings. The number of ether oxygens (including phenoxy) is 3. The molecule has 0 aliphatic carbocycles. The van der Waals surface area contributed by atoms with Crippen molar-refractivity contribution in [3.63, 3.8) is 0 Å². The van der Waals surface area contributed by atoms with Crippen LogP contribution in [0.3, 0.4) is 0 Å². The SMILES string of the molecule is COCCCNC(=O)N1CCN(c2cc(OC)c(Cl)cc2OC)CC1. The van der Waals surface area contributed by atoms with E-state index in [2.05, 4.69) is 10.2 Å². The molecule has 2 amide bonds. The molecule has 1 heterocycles. The quantitative estimate of drug-likeness (QED) is 0.745. The smallest absolute Gasteiger partial charge is 0.317 e. The highest BCUT2D eigenvalue weighted by Crippen LogP contribution is 2.38. The van der Waals surface area contributed by atoms with E-state index in [9.17, 15) is 4.79 Å². The summed E-state index contributed by atoms with van der Waals surface area (Å²) in [5.74, 6) is 1.30. The molecular formula is C17H26ClN3O4. The van der Waals surface area contributed by atoms with Crippen molar-refractivity contribution in [1.29, 1.82) is 0 Å².